The van der Waals surface area contributed by atoms with Crippen LogP contribution in [0, 0.1) is 0 Å². The number of thiophene rings is 1. The molecule has 0 fully saturated rings. The van der Waals surface area contributed by atoms with Crippen LogP contribution in [0.5, 0.6) is 0 Å². The first kappa shape index (κ1) is 34.5. The third kappa shape index (κ3) is 6.59. The minimum atomic E-state index is 0.621. The summed E-state index contributed by atoms with van der Waals surface area (Å²) < 4.78 is 1.04. The van der Waals surface area contributed by atoms with Crippen LogP contribution in [0.4, 0.5) is 0 Å². The molecule has 6 nitrogen and oxygen atoms in total. The van der Waals surface area contributed by atoms with Crippen molar-refractivity contribution < 1.29 is 0 Å². The summed E-state index contributed by atoms with van der Waals surface area (Å²) in [5, 5.41) is 2.17. The van der Waals surface area contributed by atoms with Crippen LogP contribution >= 0.6 is 11.3 Å². The molecule has 7 heteroatoms. The third-order valence-corrected chi connectivity index (χ3v) is 11.8. The zero-order valence-electron chi connectivity index (χ0n) is 31.6. The van der Waals surface area contributed by atoms with Gasteiger partial charge in [0, 0.05) is 33.0 Å². The van der Waals surface area contributed by atoms with Crippen LogP contribution in [0.2, 0.25) is 0 Å². The Kier molecular flexibility index (Phi) is 8.56. The molecular weight excluding hydrogens is 741 g/mol. The van der Waals surface area contributed by atoms with Gasteiger partial charge in [0.2, 0.25) is 0 Å². The zero-order chi connectivity index (χ0) is 39.1. The molecule has 0 atom stereocenters. The Balaban J connectivity index is 0.914. The van der Waals surface area contributed by atoms with Crippen molar-refractivity contribution in [1.29, 1.82) is 0 Å². The van der Waals surface area contributed by atoms with Crippen LogP contribution in [0.25, 0.3) is 110 Å². The van der Waals surface area contributed by atoms with Crippen LogP contribution in [0.1, 0.15) is 0 Å². The van der Waals surface area contributed by atoms with E-state index in [1.165, 1.54) is 5.56 Å². The molecule has 0 aliphatic rings. The van der Waals surface area contributed by atoms with E-state index >= 15 is 0 Å². The van der Waals surface area contributed by atoms with Gasteiger partial charge >= 0.3 is 0 Å². The van der Waals surface area contributed by atoms with Gasteiger partial charge in [-0.3, -0.25) is 0 Å². The highest BCUT2D eigenvalue weighted by Crippen LogP contribution is 2.39. The Bertz CT molecular complexity index is 3310. The van der Waals surface area contributed by atoms with Crippen LogP contribution < -0.4 is 0 Å². The van der Waals surface area contributed by atoms with E-state index in [4.69, 9.17) is 24.9 Å². The number of para-hydroxylation sites is 1. The van der Waals surface area contributed by atoms with Crippen LogP contribution in [-0.2, 0) is 0 Å². The first-order valence-corrected chi connectivity index (χ1v) is 20.2. The number of pyridine rings is 1. The van der Waals surface area contributed by atoms with Gasteiger partial charge in [0.15, 0.2) is 17.5 Å². The number of hydrogen-bond donors (Lipinski definition) is 0. The highest BCUT2D eigenvalue weighted by Gasteiger charge is 2.16. The fourth-order valence-electron chi connectivity index (χ4n) is 7.64. The topological polar surface area (TPSA) is 77.3 Å². The van der Waals surface area contributed by atoms with E-state index < -0.39 is 0 Å². The molecule has 59 heavy (non-hydrogen) atoms. The molecule has 0 aliphatic heterocycles. The van der Waals surface area contributed by atoms with Crippen molar-refractivity contribution in [1.82, 2.24) is 29.9 Å². The van der Waals surface area contributed by atoms with Crippen molar-refractivity contribution in [2.24, 2.45) is 0 Å². The van der Waals surface area contributed by atoms with E-state index in [1.807, 2.05) is 48.5 Å². The van der Waals surface area contributed by atoms with Gasteiger partial charge in [0.05, 0.1) is 21.4 Å². The lowest BCUT2D eigenvalue weighted by Gasteiger charge is -2.11. The van der Waals surface area contributed by atoms with Crippen molar-refractivity contribution in [3.8, 4) is 78.8 Å². The SMILES string of the molecule is c1ccc(-c2ccc(-c3nc(-c4ccccc4)nc(-c4cccc(-c5cccc(-c6ccc(-c7ncnc8c7sc7nc9ccccc9cc78)cc6)c5)c4)n3)cc2)cc1. The molecule has 0 saturated carbocycles. The molecule has 11 aromatic rings. The summed E-state index contributed by atoms with van der Waals surface area (Å²) in [5.74, 6) is 1.88. The largest absolute Gasteiger partial charge is 0.237 e. The molecule has 0 aliphatic carbocycles. The average Bonchev–Trinajstić information content (AvgIpc) is 3.69. The summed E-state index contributed by atoms with van der Waals surface area (Å²) in [4.78, 5) is 30.4. The normalized spacial score (nSPS) is 11.4. The quantitative estimate of drug-likeness (QED) is 0.161. The maximum absolute atomic E-state index is 5.04. The summed E-state index contributed by atoms with van der Waals surface area (Å²) >= 11 is 1.65. The smallest absolute Gasteiger partial charge is 0.164 e. The third-order valence-electron chi connectivity index (χ3n) is 10.7. The molecule has 4 aromatic heterocycles. The second kappa shape index (κ2) is 14.6. The second-order valence-corrected chi connectivity index (χ2v) is 15.4. The molecule has 0 spiro atoms. The van der Waals surface area contributed by atoms with Crippen LogP contribution in [0.3, 0.4) is 0 Å². The molecule has 0 bridgehead atoms. The van der Waals surface area contributed by atoms with Gasteiger partial charge in [-0.25, -0.2) is 29.9 Å². The van der Waals surface area contributed by atoms with Gasteiger partial charge < -0.3 is 0 Å². The van der Waals surface area contributed by atoms with Crippen molar-refractivity contribution in [3.63, 3.8) is 0 Å². The molecule has 0 saturated heterocycles. The molecule has 0 unspecified atom stereocenters. The van der Waals surface area contributed by atoms with Crippen molar-refractivity contribution in [3.05, 3.63) is 194 Å². The van der Waals surface area contributed by atoms with Crippen LogP contribution in [-0.4, -0.2) is 29.9 Å². The fraction of sp³-hybridized carbons (Fsp3) is 0. The van der Waals surface area contributed by atoms with Gasteiger partial charge in [0.1, 0.15) is 11.2 Å². The maximum atomic E-state index is 5.04. The first-order chi connectivity index (χ1) is 29.2. The first-order valence-electron chi connectivity index (χ1n) is 19.4. The number of hydrogen-bond acceptors (Lipinski definition) is 7. The van der Waals surface area contributed by atoms with E-state index in [1.54, 1.807) is 17.7 Å². The van der Waals surface area contributed by atoms with Gasteiger partial charge in [-0.2, -0.15) is 0 Å². The second-order valence-electron chi connectivity index (χ2n) is 14.4. The molecule has 4 heterocycles. The standard InChI is InChI=1S/C52H32N6S/c1-3-11-33(12-4-1)34-23-27-38(28-24-34)50-56-49(37-13-5-2-6-14-37)57-51(58-50)43-19-10-18-41(30-43)40-17-9-16-39(29-40)35-21-25-36(26-22-35)46-48-47(54-32-53-46)44-31-42-15-7-8-20-45(42)55-52(44)59-48/h1-32H. The number of rotatable bonds is 7. The lowest BCUT2D eigenvalue weighted by atomic mass is 9.97. The average molecular weight is 773 g/mol. The lowest BCUT2D eigenvalue weighted by Crippen LogP contribution is -2.00. The van der Waals surface area contributed by atoms with Gasteiger partial charge in [-0.1, -0.05) is 164 Å². The summed E-state index contributed by atoms with van der Waals surface area (Å²) in [6.45, 7) is 0. The summed E-state index contributed by atoms with van der Waals surface area (Å²) in [6.07, 6.45) is 1.66. The Morgan fingerprint density at radius 3 is 1.51 bits per heavy atom. The van der Waals surface area contributed by atoms with Crippen LogP contribution in [0.15, 0.2) is 194 Å². The van der Waals surface area contributed by atoms with E-state index in [2.05, 4.69) is 145 Å². The van der Waals surface area contributed by atoms with Crippen molar-refractivity contribution >= 4 is 42.7 Å². The zero-order valence-corrected chi connectivity index (χ0v) is 32.4. The van der Waals surface area contributed by atoms with E-state index in [9.17, 15) is 0 Å². The predicted molar refractivity (Wildman–Crippen MR) is 242 cm³/mol. The highest BCUT2D eigenvalue weighted by molar-refractivity contribution is 7.25. The molecule has 0 amide bonds. The fourth-order valence-corrected chi connectivity index (χ4v) is 8.77. The summed E-state index contributed by atoms with van der Waals surface area (Å²) in [7, 11) is 0. The molecule has 7 aromatic carbocycles. The van der Waals surface area contributed by atoms with Gasteiger partial charge in [-0.15, -0.1) is 11.3 Å². The Hall–Kier alpha value is -7.74. The number of aromatic nitrogens is 6. The predicted octanol–water partition coefficient (Wildman–Crippen LogP) is 13.2. The Morgan fingerprint density at radius 2 is 0.814 bits per heavy atom. The Labute approximate surface area is 344 Å². The summed E-state index contributed by atoms with van der Waals surface area (Å²) in [6, 6.07) is 65.0. The minimum absolute atomic E-state index is 0.621. The van der Waals surface area contributed by atoms with Gasteiger partial charge in [-0.05, 0) is 57.6 Å². The van der Waals surface area contributed by atoms with E-state index in [-0.39, 0.29) is 0 Å². The minimum Gasteiger partial charge on any atom is -0.237 e. The van der Waals surface area contributed by atoms with E-state index in [0.29, 0.717) is 17.5 Å². The monoisotopic (exact) mass is 772 g/mol. The molecule has 276 valence electrons. The molecule has 0 radical (unpaired) electrons. The Morgan fingerprint density at radius 1 is 0.339 bits per heavy atom. The maximum Gasteiger partial charge on any atom is 0.164 e. The van der Waals surface area contributed by atoms with E-state index in [0.717, 1.165) is 87.1 Å². The highest BCUT2D eigenvalue weighted by atomic mass is 32.1. The molecular formula is C52H32N6S. The van der Waals surface area contributed by atoms with Crippen molar-refractivity contribution in [2.45, 2.75) is 0 Å². The molecule has 11 rings (SSSR count). The summed E-state index contributed by atoms with van der Waals surface area (Å²) in [5.41, 5.74) is 13.4. The van der Waals surface area contributed by atoms with Crippen molar-refractivity contribution in [2.75, 3.05) is 0 Å². The lowest BCUT2D eigenvalue weighted by molar-refractivity contribution is 1.07. The molecule has 0 N–H and O–H groups in total. The van der Waals surface area contributed by atoms with Gasteiger partial charge in [0.25, 0.3) is 0 Å². The number of nitrogens with zero attached hydrogens (tertiary/aromatic N) is 6. The number of fused-ring (bicyclic) bond motifs is 4. The number of benzene rings is 7.